The van der Waals surface area contributed by atoms with Crippen LogP contribution in [0.3, 0.4) is 0 Å². The van der Waals surface area contributed by atoms with Crippen LogP contribution in [-0.4, -0.2) is 9.97 Å². The first-order chi connectivity index (χ1) is 37.4. The van der Waals surface area contributed by atoms with Crippen molar-refractivity contribution >= 4 is 32.3 Å². The van der Waals surface area contributed by atoms with Gasteiger partial charge in [0.2, 0.25) is 0 Å². The molecule has 0 bridgehead atoms. The lowest BCUT2D eigenvalue weighted by atomic mass is 9.67. The number of nitrogens with zero attached hydrogens (tertiary/aromatic N) is 2. The average molecular weight is 967 g/mol. The maximum Gasteiger partial charge on any atom is 0.160 e. The molecule has 0 saturated heterocycles. The highest BCUT2D eigenvalue weighted by molar-refractivity contribution is 6.12. The molecule has 15 rings (SSSR count). The van der Waals surface area contributed by atoms with Crippen molar-refractivity contribution in [2.24, 2.45) is 0 Å². The molecule has 13 aromatic rings. The Hall–Kier alpha value is -9.50. The lowest BCUT2D eigenvalue weighted by Crippen LogP contribution is -2.28. The summed E-state index contributed by atoms with van der Waals surface area (Å²) in [6, 6.07) is 98.2. The van der Waals surface area contributed by atoms with Crippen molar-refractivity contribution in [2.75, 3.05) is 0 Å². The van der Waals surface area contributed by atoms with Gasteiger partial charge in [-0.3, -0.25) is 0 Å². The van der Waals surface area contributed by atoms with Gasteiger partial charge in [0.05, 0.1) is 16.8 Å². The van der Waals surface area contributed by atoms with E-state index >= 15 is 0 Å². The summed E-state index contributed by atoms with van der Waals surface area (Å²) in [5.74, 6) is 0.691. The van der Waals surface area contributed by atoms with Crippen molar-refractivity contribution in [3.8, 4) is 78.4 Å². The number of hydrogen-bond donors (Lipinski definition) is 0. The second kappa shape index (κ2) is 17.0. The molecular formula is C74H50N2. The van der Waals surface area contributed by atoms with E-state index in [1.807, 2.05) is 0 Å². The Morgan fingerprint density at radius 2 is 0.763 bits per heavy atom. The van der Waals surface area contributed by atoms with Gasteiger partial charge in [-0.1, -0.05) is 257 Å². The Morgan fingerprint density at radius 3 is 1.43 bits per heavy atom. The van der Waals surface area contributed by atoms with Gasteiger partial charge in [0.15, 0.2) is 5.82 Å². The van der Waals surface area contributed by atoms with Crippen LogP contribution in [0.2, 0.25) is 0 Å². The van der Waals surface area contributed by atoms with Crippen LogP contribution < -0.4 is 0 Å². The van der Waals surface area contributed by atoms with E-state index in [0.717, 1.165) is 33.5 Å². The molecule has 2 aliphatic carbocycles. The third kappa shape index (κ3) is 6.53. The maximum absolute atomic E-state index is 5.49. The van der Waals surface area contributed by atoms with Crippen LogP contribution in [0.15, 0.2) is 267 Å². The molecular weight excluding hydrogens is 917 g/mol. The van der Waals surface area contributed by atoms with Crippen molar-refractivity contribution < 1.29 is 0 Å². The first-order valence-corrected chi connectivity index (χ1v) is 26.5. The van der Waals surface area contributed by atoms with Gasteiger partial charge in [0, 0.05) is 22.1 Å². The normalized spacial score (nSPS) is 13.6. The molecule has 0 spiro atoms. The topological polar surface area (TPSA) is 25.8 Å². The van der Waals surface area contributed by atoms with Gasteiger partial charge in [-0.05, 0) is 134 Å². The average Bonchev–Trinajstić information content (AvgIpc) is 4.00. The first kappa shape index (κ1) is 44.0. The zero-order valence-electron chi connectivity index (χ0n) is 42.3. The SMILES string of the molecule is CC1(C)c2ccc(-c3ccc(-c4ccc(-c5cc(-c6cccc7c6-c6ccccc6C7(c6ccccc6)c6ccccc6)nc(-c6ccccc6)n5)c5ccccc45)c4ccccc34)cc2-c2cc3ccccc3cc21. The fourth-order valence-corrected chi connectivity index (χ4v) is 13.3. The molecule has 2 aliphatic rings. The number of fused-ring (bicyclic) bond motifs is 9. The second-order valence-electron chi connectivity index (χ2n) is 21.1. The molecule has 0 aliphatic heterocycles. The highest BCUT2D eigenvalue weighted by Crippen LogP contribution is 2.58. The zero-order chi connectivity index (χ0) is 50.5. The molecule has 2 heteroatoms. The van der Waals surface area contributed by atoms with Gasteiger partial charge < -0.3 is 0 Å². The predicted octanol–water partition coefficient (Wildman–Crippen LogP) is 18.9. The van der Waals surface area contributed by atoms with Crippen LogP contribution in [0.4, 0.5) is 0 Å². The molecule has 0 N–H and O–H groups in total. The van der Waals surface area contributed by atoms with Gasteiger partial charge in [-0.15, -0.1) is 0 Å². The van der Waals surface area contributed by atoms with E-state index in [1.54, 1.807) is 0 Å². The number of aromatic nitrogens is 2. The number of rotatable bonds is 7. The monoisotopic (exact) mass is 966 g/mol. The summed E-state index contributed by atoms with van der Waals surface area (Å²) in [6.45, 7) is 4.74. The minimum atomic E-state index is -0.531. The first-order valence-electron chi connectivity index (χ1n) is 26.5. The fourth-order valence-electron chi connectivity index (χ4n) is 13.3. The van der Waals surface area contributed by atoms with E-state index in [1.165, 1.54) is 105 Å². The lowest BCUT2D eigenvalue weighted by molar-refractivity contribution is 0.661. The molecule has 12 aromatic carbocycles. The summed E-state index contributed by atoms with van der Waals surface area (Å²) in [5.41, 5.74) is 22.0. The van der Waals surface area contributed by atoms with E-state index < -0.39 is 5.41 Å². The number of benzene rings is 12. The Bertz CT molecular complexity index is 4440. The molecule has 0 atom stereocenters. The minimum absolute atomic E-state index is 0.0885. The van der Waals surface area contributed by atoms with Gasteiger partial charge in [-0.2, -0.15) is 0 Å². The Balaban J connectivity index is 0.891. The van der Waals surface area contributed by atoms with Gasteiger partial charge in [-0.25, -0.2) is 9.97 Å². The van der Waals surface area contributed by atoms with Crippen LogP contribution in [0.1, 0.15) is 47.2 Å². The molecule has 2 nitrogen and oxygen atoms in total. The highest BCUT2D eigenvalue weighted by Gasteiger charge is 2.47. The lowest BCUT2D eigenvalue weighted by Gasteiger charge is -2.33. The quantitative estimate of drug-likeness (QED) is 0.159. The van der Waals surface area contributed by atoms with E-state index in [0.29, 0.717) is 5.82 Å². The largest absolute Gasteiger partial charge is 0.228 e. The minimum Gasteiger partial charge on any atom is -0.228 e. The smallest absolute Gasteiger partial charge is 0.160 e. The van der Waals surface area contributed by atoms with Gasteiger partial charge in [0.1, 0.15) is 0 Å². The zero-order valence-corrected chi connectivity index (χ0v) is 42.3. The van der Waals surface area contributed by atoms with E-state index in [4.69, 9.17) is 9.97 Å². The summed E-state index contributed by atoms with van der Waals surface area (Å²) in [7, 11) is 0. The van der Waals surface area contributed by atoms with Gasteiger partial charge >= 0.3 is 0 Å². The van der Waals surface area contributed by atoms with Gasteiger partial charge in [0.25, 0.3) is 0 Å². The van der Waals surface area contributed by atoms with Crippen LogP contribution in [0.25, 0.3) is 111 Å². The summed E-state index contributed by atoms with van der Waals surface area (Å²) < 4.78 is 0. The summed E-state index contributed by atoms with van der Waals surface area (Å²) in [5, 5.41) is 7.34. The molecule has 0 unspecified atom stereocenters. The van der Waals surface area contributed by atoms with Crippen molar-refractivity contribution in [3.63, 3.8) is 0 Å². The molecule has 1 aromatic heterocycles. The van der Waals surface area contributed by atoms with E-state index in [-0.39, 0.29) is 5.41 Å². The van der Waals surface area contributed by atoms with E-state index in [9.17, 15) is 0 Å². The van der Waals surface area contributed by atoms with Crippen molar-refractivity contribution in [3.05, 3.63) is 300 Å². The third-order valence-corrected chi connectivity index (χ3v) is 16.8. The van der Waals surface area contributed by atoms with Crippen molar-refractivity contribution in [1.82, 2.24) is 9.97 Å². The molecule has 356 valence electrons. The molecule has 0 radical (unpaired) electrons. The van der Waals surface area contributed by atoms with Crippen LogP contribution >= 0.6 is 0 Å². The van der Waals surface area contributed by atoms with Crippen molar-refractivity contribution in [1.29, 1.82) is 0 Å². The Morgan fingerprint density at radius 1 is 0.276 bits per heavy atom. The summed E-state index contributed by atoms with van der Waals surface area (Å²) in [4.78, 5) is 11.0. The standard InChI is InChI=1S/C74H50N2/c1-73(2)65-42-37-50(44-63(65)64-43-48-23-12-13-24-49(48)45-68(64)73)53-38-39-58(55-30-15-14-29-54(53)55)59-40-41-60(57-32-17-16-31-56(57)59)69-46-70(76-72(75-69)47-21-6-3-7-22-47)62-34-20-36-67-71(62)61-33-18-19-35-66(61)74(67,51-25-8-4-9-26-51)52-27-10-5-11-28-52/h3-46H,1-2H3. The molecule has 0 saturated carbocycles. The molecule has 76 heavy (non-hydrogen) atoms. The van der Waals surface area contributed by atoms with Crippen molar-refractivity contribution in [2.45, 2.75) is 24.7 Å². The summed E-state index contributed by atoms with van der Waals surface area (Å²) >= 11 is 0. The third-order valence-electron chi connectivity index (χ3n) is 16.8. The molecule has 0 amide bonds. The van der Waals surface area contributed by atoms with Crippen LogP contribution in [-0.2, 0) is 10.8 Å². The van der Waals surface area contributed by atoms with Crippen LogP contribution in [0, 0.1) is 0 Å². The highest BCUT2D eigenvalue weighted by atomic mass is 14.9. The van der Waals surface area contributed by atoms with Crippen LogP contribution in [0.5, 0.6) is 0 Å². The molecule has 0 fully saturated rings. The Labute approximate surface area is 443 Å². The maximum atomic E-state index is 5.49. The molecule has 1 heterocycles. The fraction of sp³-hybridized carbons (Fsp3) is 0.0541. The Kier molecular flexibility index (Phi) is 9.86. The predicted molar refractivity (Wildman–Crippen MR) is 317 cm³/mol. The van der Waals surface area contributed by atoms with E-state index in [2.05, 4.69) is 281 Å². The summed E-state index contributed by atoms with van der Waals surface area (Å²) in [6.07, 6.45) is 0. The second-order valence-corrected chi connectivity index (χ2v) is 21.1. The number of hydrogen-bond acceptors (Lipinski definition) is 2.